The van der Waals surface area contributed by atoms with E-state index in [1.807, 2.05) is 0 Å². The Balaban J connectivity index is 1.55. The van der Waals surface area contributed by atoms with Gasteiger partial charge < -0.3 is 14.5 Å². The third kappa shape index (κ3) is 3.27. The van der Waals surface area contributed by atoms with Gasteiger partial charge in [0, 0.05) is 37.7 Å². The van der Waals surface area contributed by atoms with Crippen LogP contribution in [0.15, 0.2) is 35.2 Å². The topological polar surface area (TPSA) is 123 Å². The SMILES string of the molecule is Cn1cc(NC(=O)c2coc(-c3c[c]ncc3)n2)c(N2CC(C=O)CC2=O)n1. The molecule has 1 aliphatic heterocycles. The minimum absolute atomic E-state index is 0.0696. The second-order valence-electron chi connectivity index (χ2n) is 6.31. The molecule has 28 heavy (non-hydrogen) atoms. The van der Waals surface area contributed by atoms with E-state index in [4.69, 9.17) is 4.42 Å². The Morgan fingerprint density at radius 3 is 3.04 bits per heavy atom. The maximum absolute atomic E-state index is 12.6. The van der Waals surface area contributed by atoms with Gasteiger partial charge in [-0.2, -0.15) is 5.10 Å². The van der Waals surface area contributed by atoms with Crippen molar-refractivity contribution in [2.75, 3.05) is 16.8 Å². The summed E-state index contributed by atoms with van der Waals surface area (Å²) in [4.78, 5) is 45.1. The Labute approximate surface area is 159 Å². The number of carbonyl (C=O) groups excluding carboxylic acids is 3. The number of rotatable bonds is 5. The van der Waals surface area contributed by atoms with Crippen LogP contribution < -0.4 is 10.2 Å². The summed E-state index contributed by atoms with van der Waals surface area (Å²) < 4.78 is 6.83. The largest absolute Gasteiger partial charge is 0.444 e. The number of anilines is 2. The van der Waals surface area contributed by atoms with Crippen molar-refractivity contribution in [3.8, 4) is 11.5 Å². The first-order valence-corrected chi connectivity index (χ1v) is 8.44. The lowest BCUT2D eigenvalue weighted by Crippen LogP contribution is -2.26. The van der Waals surface area contributed by atoms with Crippen LogP contribution in [0.5, 0.6) is 0 Å². The summed E-state index contributed by atoms with van der Waals surface area (Å²) in [5.41, 5.74) is 1.05. The van der Waals surface area contributed by atoms with E-state index in [9.17, 15) is 14.4 Å². The van der Waals surface area contributed by atoms with Crippen molar-refractivity contribution in [1.82, 2.24) is 19.7 Å². The Morgan fingerprint density at radius 1 is 1.46 bits per heavy atom. The van der Waals surface area contributed by atoms with E-state index in [0.29, 0.717) is 11.3 Å². The van der Waals surface area contributed by atoms with Gasteiger partial charge in [0.2, 0.25) is 11.8 Å². The van der Waals surface area contributed by atoms with Crippen molar-refractivity contribution >= 4 is 29.6 Å². The molecule has 4 rings (SSSR count). The van der Waals surface area contributed by atoms with Gasteiger partial charge in [0.05, 0.1) is 12.4 Å². The van der Waals surface area contributed by atoms with Gasteiger partial charge in [-0.25, -0.2) is 4.98 Å². The maximum Gasteiger partial charge on any atom is 0.277 e. The normalized spacial score (nSPS) is 16.4. The van der Waals surface area contributed by atoms with E-state index < -0.39 is 5.91 Å². The lowest BCUT2D eigenvalue weighted by molar-refractivity contribution is -0.119. The van der Waals surface area contributed by atoms with Crippen LogP contribution in [0.1, 0.15) is 16.9 Å². The molecule has 0 bridgehead atoms. The number of hydrogen-bond donors (Lipinski definition) is 1. The molecule has 2 amide bonds. The predicted octanol–water partition coefficient (Wildman–Crippen LogP) is 1.07. The number of carbonyl (C=O) groups is 3. The highest BCUT2D eigenvalue weighted by Gasteiger charge is 2.33. The minimum Gasteiger partial charge on any atom is -0.444 e. The first-order valence-electron chi connectivity index (χ1n) is 8.44. The molecule has 141 valence electrons. The second-order valence-corrected chi connectivity index (χ2v) is 6.31. The molecule has 3 aromatic rings. The average molecular weight is 379 g/mol. The van der Waals surface area contributed by atoms with Gasteiger partial charge in [-0.1, -0.05) is 0 Å². The first-order chi connectivity index (χ1) is 13.5. The average Bonchev–Trinajstić information content (AvgIpc) is 3.41. The zero-order valence-corrected chi connectivity index (χ0v) is 14.8. The number of amides is 2. The number of aldehydes is 1. The lowest BCUT2D eigenvalue weighted by atomic mass is 10.1. The summed E-state index contributed by atoms with van der Waals surface area (Å²) in [7, 11) is 1.67. The molecule has 1 N–H and O–H groups in total. The fourth-order valence-electron chi connectivity index (χ4n) is 2.94. The van der Waals surface area contributed by atoms with Crippen LogP contribution in [0.4, 0.5) is 11.5 Å². The number of nitrogens with zero attached hydrogens (tertiary/aromatic N) is 5. The maximum atomic E-state index is 12.6. The molecule has 0 spiro atoms. The number of aryl methyl sites for hydroxylation is 1. The van der Waals surface area contributed by atoms with E-state index in [0.717, 1.165) is 6.29 Å². The third-order valence-electron chi connectivity index (χ3n) is 4.27. The Bertz CT molecular complexity index is 1040. The van der Waals surface area contributed by atoms with Crippen molar-refractivity contribution < 1.29 is 18.8 Å². The van der Waals surface area contributed by atoms with E-state index in [2.05, 4.69) is 26.6 Å². The highest BCUT2D eigenvalue weighted by molar-refractivity contribution is 6.07. The zero-order chi connectivity index (χ0) is 19.7. The van der Waals surface area contributed by atoms with Crippen LogP contribution in [-0.2, 0) is 16.6 Å². The van der Waals surface area contributed by atoms with Crippen LogP contribution in [0.3, 0.4) is 0 Å². The standard InChI is InChI=1S/C18H15N6O4/c1-23-8-13(16(22-23)24-7-11(9-25)6-15(24)26)20-17(27)14-10-28-18(21-14)12-2-4-19-5-3-12/h2-4,8-11H,6-7H2,1H3,(H,20,27). The first kappa shape index (κ1) is 17.6. The predicted molar refractivity (Wildman–Crippen MR) is 96.3 cm³/mol. The van der Waals surface area contributed by atoms with Gasteiger partial charge in [-0.3, -0.25) is 24.2 Å². The quantitative estimate of drug-likeness (QED) is 0.658. The molecular weight excluding hydrogens is 364 g/mol. The fraction of sp³-hybridized carbons (Fsp3) is 0.222. The molecule has 0 aromatic carbocycles. The molecule has 10 heteroatoms. The molecular formula is C18H15N6O4. The van der Waals surface area contributed by atoms with E-state index >= 15 is 0 Å². The Kier molecular flexibility index (Phi) is 4.44. The molecule has 3 aromatic heterocycles. The van der Waals surface area contributed by atoms with Crippen molar-refractivity contribution in [2.45, 2.75) is 6.42 Å². The van der Waals surface area contributed by atoms with Crippen molar-refractivity contribution in [2.24, 2.45) is 13.0 Å². The van der Waals surface area contributed by atoms with E-state index in [1.54, 1.807) is 31.6 Å². The second kappa shape index (κ2) is 7.06. The fourth-order valence-corrected chi connectivity index (χ4v) is 2.94. The lowest BCUT2D eigenvalue weighted by Gasteiger charge is -2.14. The number of hydrogen-bond acceptors (Lipinski definition) is 7. The van der Waals surface area contributed by atoms with Crippen molar-refractivity contribution in [3.05, 3.63) is 42.7 Å². The summed E-state index contributed by atoms with van der Waals surface area (Å²) in [6.45, 7) is 0.231. The molecule has 0 saturated carbocycles. The van der Waals surface area contributed by atoms with Crippen LogP contribution in [0.25, 0.3) is 11.5 Å². The summed E-state index contributed by atoms with van der Waals surface area (Å²) in [6, 6.07) is 3.28. The monoisotopic (exact) mass is 379 g/mol. The molecule has 1 unspecified atom stereocenters. The Hall–Kier alpha value is -3.82. The summed E-state index contributed by atoms with van der Waals surface area (Å²) in [5.74, 6) is -0.561. The molecule has 1 fully saturated rings. The van der Waals surface area contributed by atoms with Gasteiger partial charge in [-0.15, -0.1) is 0 Å². The zero-order valence-electron chi connectivity index (χ0n) is 14.8. The smallest absolute Gasteiger partial charge is 0.277 e. The van der Waals surface area contributed by atoms with Crippen LogP contribution >= 0.6 is 0 Å². The van der Waals surface area contributed by atoms with Gasteiger partial charge >= 0.3 is 0 Å². The highest BCUT2D eigenvalue weighted by atomic mass is 16.3. The third-order valence-corrected chi connectivity index (χ3v) is 4.27. The molecule has 1 atom stereocenters. The molecule has 0 aliphatic carbocycles. The summed E-state index contributed by atoms with van der Waals surface area (Å²) >= 11 is 0. The van der Waals surface area contributed by atoms with Crippen LogP contribution in [-0.4, -0.2) is 44.4 Å². The summed E-state index contributed by atoms with van der Waals surface area (Å²) in [6.07, 6.45) is 7.91. The molecule has 1 saturated heterocycles. The summed E-state index contributed by atoms with van der Waals surface area (Å²) in [5, 5.41) is 6.94. The highest BCUT2D eigenvalue weighted by Crippen LogP contribution is 2.30. The van der Waals surface area contributed by atoms with Gasteiger partial charge in [-0.05, 0) is 12.1 Å². The minimum atomic E-state index is -0.513. The molecule has 1 radical (unpaired) electrons. The number of pyridine rings is 1. The molecule has 10 nitrogen and oxygen atoms in total. The number of aromatic nitrogens is 4. The van der Waals surface area contributed by atoms with Crippen LogP contribution in [0.2, 0.25) is 0 Å². The van der Waals surface area contributed by atoms with Crippen molar-refractivity contribution in [1.29, 1.82) is 0 Å². The van der Waals surface area contributed by atoms with E-state index in [1.165, 1.54) is 15.8 Å². The van der Waals surface area contributed by atoms with Gasteiger partial charge in [0.15, 0.2) is 11.5 Å². The Morgan fingerprint density at radius 2 is 2.32 bits per heavy atom. The molecule has 4 heterocycles. The number of oxazole rings is 1. The van der Waals surface area contributed by atoms with Gasteiger partial charge in [0.1, 0.15) is 18.2 Å². The van der Waals surface area contributed by atoms with Crippen LogP contribution in [0, 0.1) is 12.1 Å². The van der Waals surface area contributed by atoms with E-state index in [-0.39, 0.29) is 42.2 Å². The van der Waals surface area contributed by atoms with Crippen molar-refractivity contribution in [3.63, 3.8) is 0 Å². The number of nitrogens with one attached hydrogen (secondary N) is 1. The molecule has 1 aliphatic rings. The van der Waals surface area contributed by atoms with Gasteiger partial charge in [0.25, 0.3) is 5.91 Å².